The van der Waals surface area contributed by atoms with E-state index in [1.165, 1.54) is 4.88 Å². The van der Waals surface area contributed by atoms with Gasteiger partial charge in [0.15, 0.2) is 0 Å². The Morgan fingerprint density at radius 3 is 2.10 bits per heavy atom. The highest BCUT2D eigenvalue weighted by molar-refractivity contribution is 7.10. The Labute approximate surface area is 180 Å². The summed E-state index contributed by atoms with van der Waals surface area (Å²) >= 11 is 1.74. The summed E-state index contributed by atoms with van der Waals surface area (Å²) in [5, 5.41) is 2.08. The SMILES string of the molecule is O=C(c1ccc(-c2ccccc2)cc1)N1CCN(C(=O)C2CC2c2cccs2)CC1. The van der Waals surface area contributed by atoms with Gasteiger partial charge in [-0.3, -0.25) is 9.59 Å². The van der Waals surface area contributed by atoms with Crippen molar-refractivity contribution < 1.29 is 9.59 Å². The Bertz CT molecular complexity index is 1020. The molecule has 152 valence electrons. The molecular weight excluding hydrogens is 392 g/mol. The molecule has 4 nitrogen and oxygen atoms in total. The van der Waals surface area contributed by atoms with Crippen molar-refractivity contribution in [3.05, 3.63) is 82.6 Å². The number of carbonyl (C=O) groups is 2. The molecule has 2 aliphatic rings. The molecule has 2 aromatic carbocycles. The van der Waals surface area contributed by atoms with E-state index in [9.17, 15) is 9.59 Å². The van der Waals surface area contributed by atoms with Gasteiger partial charge in [0.2, 0.25) is 5.91 Å². The van der Waals surface area contributed by atoms with E-state index in [4.69, 9.17) is 0 Å². The van der Waals surface area contributed by atoms with Crippen molar-refractivity contribution in [3.8, 4) is 11.1 Å². The summed E-state index contributed by atoms with van der Waals surface area (Å²) in [4.78, 5) is 30.8. The van der Waals surface area contributed by atoms with Gasteiger partial charge in [-0.2, -0.15) is 0 Å². The summed E-state index contributed by atoms with van der Waals surface area (Å²) in [7, 11) is 0. The van der Waals surface area contributed by atoms with Crippen molar-refractivity contribution in [1.29, 1.82) is 0 Å². The number of hydrogen-bond acceptors (Lipinski definition) is 3. The molecule has 1 saturated carbocycles. The fourth-order valence-corrected chi connectivity index (χ4v) is 5.17. The van der Waals surface area contributed by atoms with E-state index in [2.05, 4.69) is 29.6 Å². The summed E-state index contributed by atoms with van der Waals surface area (Å²) in [5.74, 6) is 0.842. The van der Waals surface area contributed by atoms with Crippen molar-refractivity contribution >= 4 is 23.2 Å². The highest BCUT2D eigenvalue weighted by Crippen LogP contribution is 2.50. The third kappa shape index (κ3) is 3.77. The van der Waals surface area contributed by atoms with E-state index < -0.39 is 0 Å². The van der Waals surface area contributed by atoms with Gasteiger partial charge in [-0.05, 0) is 41.1 Å². The van der Waals surface area contributed by atoms with Crippen molar-refractivity contribution in [1.82, 2.24) is 9.80 Å². The van der Waals surface area contributed by atoms with Crippen LogP contribution in [0.5, 0.6) is 0 Å². The van der Waals surface area contributed by atoms with Crippen LogP contribution in [-0.2, 0) is 4.79 Å². The maximum absolute atomic E-state index is 12.9. The summed E-state index contributed by atoms with van der Waals surface area (Å²) in [6, 6.07) is 22.1. The topological polar surface area (TPSA) is 40.6 Å². The first kappa shape index (κ1) is 19.1. The van der Waals surface area contributed by atoms with E-state index in [0.717, 1.165) is 17.5 Å². The van der Waals surface area contributed by atoms with Crippen LogP contribution in [0.3, 0.4) is 0 Å². The lowest BCUT2D eigenvalue weighted by atomic mass is 10.0. The van der Waals surface area contributed by atoms with Crippen LogP contribution < -0.4 is 0 Å². The normalized spacial score (nSPS) is 20.8. The predicted molar refractivity (Wildman–Crippen MR) is 120 cm³/mol. The van der Waals surface area contributed by atoms with E-state index >= 15 is 0 Å². The molecule has 0 spiro atoms. The van der Waals surface area contributed by atoms with Gasteiger partial charge in [0, 0.05) is 48.5 Å². The van der Waals surface area contributed by atoms with E-state index in [1.54, 1.807) is 11.3 Å². The van der Waals surface area contributed by atoms with Gasteiger partial charge in [-0.15, -0.1) is 11.3 Å². The number of amides is 2. The largest absolute Gasteiger partial charge is 0.339 e. The lowest BCUT2D eigenvalue weighted by Gasteiger charge is -2.35. The fraction of sp³-hybridized carbons (Fsp3) is 0.280. The first-order valence-corrected chi connectivity index (χ1v) is 11.4. The summed E-state index contributed by atoms with van der Waals surface area (Å²) in [5.41, 5.74) is 2.95. The summed E-state index contributed by atoms with van der Waals surface area (Å²) in [6.45, 7) is 2.45. The number of carbonyl (C=O) groups excluding carboxylic acids is 2. The molecule has 30 heavy (non-hydrogen) atoms. The minimum atomic E-state index is 0.0459. The number of rotatable bonds is 4. The molecule has 2 amide bonds. The van der Waals surface area contributed by atoms with Gasteiger partial charge in [0.1, 0.15) is 0 Å². The monoisotopic (exact) mass is 416 g/mol. The second-order valence-corrected chi connectivity index (χ2v) is 9.00. The second kappa shape index (κ2) is 8.07. The Morgan fingerprint density at radius 1 is 0.767 bits per heavy atom. The van der Waals surface area contributed by atoms with E-state index in [0.29, 0.717) is 37.7 Å². The maximum atomic E-state index is 12.9. The quantitative estimate of drug-likeness (QED) is 0.628. The summed E-state index contributed by atoms with van der Waals surface area (Å²) < 4.78 is 0. The zero-order valence-corrected chi connectivity index (χ0v) is 17.6. The third-order valence-corrected chi connectivity index (χ3v) is 7.14. The van der Waals surface area contributed by atoms with E-state index in [-0.39, 0.29) is 17.7 Å². The molecule has 1 saturated heterocycles. The Kier molecular flexibility index (Phi) is 5.13. The number of benzene rings is 2. The molecule has 5 heteroatoms. The average molecular weight is 417 g/mol. The second-order valence-electron chi connectivity index (χ2n) is 8.02. The zero-order chi connectivity index (χ0) is 20.5. The van der Waals surface area contributed by atoms with Gasteiger partial charge in [-0.25, -0.2) is 0 Å². The minimum Gasteiger partial charge on any atom is -0.339 e. The summed E-state index contributed by atoms with van der Waals surface area (Å²) in [6.07, 6.45) is 0.965. The lowest BCUT2D eigenvalue weighted by Crippen LogP contribution is -2.51. The molecule has 2 unspecified atom stereocenters. The smallest absolute Gasteiger partial charge is 0.253 e. The van der Waals surface area contributed by atoms with Crippen LogP contribution in [0.15, 0.2) is 72.1 Å². The van der Waals surface area contributed by atoms with Crippen molar-refractivity contribution in [3.63, 3.8) is 0 Å². The van der Waals surface area contributed by atoms with Crippen LogP contribution in [0.2, 0.25) is 0 Å². The molecule has 0 N–H and O–H groups in total. The number of thiophene rings is 1. The van der Waals surface area contributed by atoms with Crippen LogP contribution in [0, 0.1) is 5.92 Å². The van der Waals surface area contributed by atoms with Crippen molar-refractivity contribution in [2.24, 2.45) is 5.92 Å². The van der Waals surface area contributed by atoms with Gasteiger partial charge < -0.3 is 9.80 Å². The highest BCUT2D eigenvalue weighted by Gasteiger charge is 2.46. The molecule has 1 aromatic heterocycles. The van der Waals surface area contributed by atoms with Gasteiger partial charge >= 0.3 is 0 Å². The van der Waals surface area contributed by atoms with Crippen LogP contribution in [0.4, 0.5) is 0 Å². The molecular formula is C25H24N2O2S. The molecule has 3 aromatic rings. The minimum absolute atomic E-state index is 0.0459. The van der Waals surface area contributed by atoms with E-state index in [1.807, 2.05) is 52.3 Å². The predicted octanol–water partition coefficient (Wildman–Crippen LogP) is 4.50. The van der Waals surface area contributed by atoms with Crippen LogP contribution in [-0.4, -0.2) is 47.8 Å². The first-order valence-electron chi connectivity index (χ1n) is 10.5. The number of piperazine rings is 1. The molecule has 2 heterocycles. The van der Waals surface area contributed by atoms with Gasteiger partial charge in [0.25, 0.3) is 5.91 Å². The molecule has 0 bridgehead atoms. The maximum Gasteiger partial charge on any atom is 0.253 e. The zero-order valence-electron chi connectivity index (χ0n) is 16.7. The molecule has 1 aliphatic carbocycles. The van der Waals surface area contributed by atoms with Gasteiger partial charge in [-0.1, -0.05) is 48.5 Å². The fourth-order valence-electron chi connectivity index (χ4n) is 4.27. The molecule has 2 fully saturated rings. The van der Waals surface area contributed by atoms with Crippen molar-refractivity contribution in [2.75, 3.05) is 26.2 Å². The number of hydrogen-bond donors (Lipinski definition) is 0. The van der Waals surface area contributed by atoms with Crippen molar-refractivity contribution in [2.45, 2.75) is 12.3 Å². The lowest BCUT2D eigenvalue weighted by molar-refractivity contribution is -0.134. The molecule has 5 rings (SSSR count). The Balaban J connectivity index is 1.17. The van der Waals surface area contributed by atoms with Gasteiger partial charge in [0.05, 0.1) is 0 Å². The number of nitrogens with zero attached hydrogens (tertiary/aromatic N) is 2. The van der Waals surface area contributed by atoms with Crippen LogP contribution >= 0.6 is 11.3 Å². The Hall–Kier alpha value is -2.92. The standard InChI is InChI=1S/C25H24N2O2S/c28-24(20-10-8-19(9-11-20)18-5-2-1-3-6-18)26-12-14-27(15-13-26)25(29)22-17-21(22)23-7-4-16-30-23/h1-11,16,21-22H,12-15,17H2. The average Bonchev–Trinajstić information content (AvgIpc) is 3.43. The molecule has 0 radical (unpaired) electrons. The highest BCUT2D eigenvalue weighted by atomic mass is 32.1. The molecule has 2 atom stereocenters. The van der Waals surface area contributed by atoms with Crippen LogP contribution in [0.1, 0.15) is 27.6 Å². The first-order chi connectivity index (χ1) is 14.7. The van der Waals surface area contributed by atoms with Crippen LogP contribution in [0.25, 0.3) is 11.1 Å². The Morgan fingerprint density at radius 2 is 1.43 bits per heavy atom. The third-order valence-electron chi connectivity index (χ3n) is 6.13. The molecule has 1 aliphatic heterocycles.